The van der Waals surface area contributed by atoms with Crippen molar-refractivity contribution in [2.75, 3.05) is 7.05 Å². The first-order valence-corrected chi connectivity index (χ1v) is 8.13. The molecule has 104 valence electrons. The lowest BCUT2D eigenvalue weighted by atomic mass is 10.1. The maximum Gasteiger partial charge on any atom is 0.0738 e. The van der Waals surface area contributed by atoms with Gasteiger partial charge >= 0.3 is 0 Å². The van der Waals surface area contributed by atoms with Gasteiger partial charge in [0.05, 0.1) is 15.9 Å². The number of likely N-dealkylation sites (N-methyl/N-ethyl adjacent to an activating group) is 1. The second kappa shape index (κ2) is 6.20. The van der Waals surface area contributed by atoms with Crippen LogP contribution in [0.5, 0.6) is 0 Å². The molecule has 2 aromatic heterocycles. The monoisotopic (exact) mass is 341 g/mol. The van der Waals surface area contributed by atoms with Crippen LogP contribution in [0.15, 0.2) is 16.6 Å². The largest absolute Gasteiger partial charge is 0.312 e. The third-order valence-corrected chi connectivity index (χ3v) is 5.45. The topological polar surface area (TPSA) is 29.9 Å². The van der Waals surface area contributed by atoms with E-state index in [-0.39, 0.29) is 0 Å². The Morgan fingerprint density at radius 2 is 2.16 bits per heavy atom. The molecule has 0 radical (unpaired) electrons. The van der Waals surface area contributed by atoms with E-state index >= 15 is 0 Å². The fourth-order valence-corrected chi connectivity index (χ4v) is 3.68. The molecule has 0 aromatic carbocycles. The number of hydrogen-bond acceptors (Lipinski definition) is 3. The lowest BCUT2D eigenvalue weighted by Gasteiger charge is -2.15. The van der Waals surface area contributed by atoms with Crippen LogP contribution in [-0.4, -0.2) is 16.8 Å². The molecule has 0 bridgehead atoms. The van der Waals surface area contributed by atoms with E-state index in [1.807, 2.05) is 25.3 Å². The molecule has 0 fully saturated rings. The molecule has 2 heterocycles. The van der Waals surface area contributed by atoms with Crippen molar-refractivity contribution in [3.05, 3.63) is 37.7 Å². The Kier molecular flexibility index (Phi) is 4.81. The van der Waals surface area contributed by atoms with Gasteiger partial charge in [-0.1, -0.05) is 0 Å². The Hall–Kier alpha value is -0.650. The van der Waals surface area contributed by atoms with E-state index in [0.29, 0.717) is 6.04 Å². The van der Waals surface area contributed by atoms with Crippen LogP contribution in [0.2, 0.25) is 0 Å². The van der Waals surface area contributed by atoms with Crippen molar-refractivity contribution >= 4 is 27.3 Å². The lowest BCUT2D eigenvalue weighted by Crippen LogP contribution is -2.19. The predicted octanol–water partition coefficient (Wildman–Crippen LogP) is 3.85. The van der Waals surface area contributed by atoms with Gasteiger partial charge in [-0.25, -0.2) is 0 Å². The molecule has 1 unspecified atom stereocenters. The van der Waals surface area contributed by atoms with Gasteiger partial charge in [0, 0.05) is 28.8 Å². The van der Waals surface area contributed by atoms with Gasteiger partial charge in [-0.15, -0.1) is 11.3 Å². The smallest absolute Gasteiger partial charge is 0.0738 e. The Morgan fingerprint density at radius 1 is 1.42 bits per heavy atom. The number of nitrogens with one attached hydrogen (secondary N) is 1. The van der Waals surface area contributed by atoms with Gasteiger partial charge in [-0.3, -0.25) is 4.68 Å². The molecule has 2 rings (SSSR count). The fraction of sp³-hybridized carbons (Fsp3) is 0.500. The van der Waals surface area contributed by atoms with Crippen LogP contribution in [0.25, 0.3) is 0 Å². The highest BCUT2D eigenvalue weighted by Gasteiger charge is 2.18. The van der Waals surface area contributed by atoms with Gasteiger partial charge in [0.25, 0.3) is 0 Å². The van der Waals surface area contributed by atoms with Crippen LogP contribution in [0, 0.1) is 13.8 Å². The van der Waals surface area contributed by atoms with Gasteiger partial charge in [0.1, 0.15) is 0 Å². The van der Waals surface area contributed by atoms with Crippen LogP contribution in [0.1, 0.15) is 34.1 Å². The third-order valence-electron chi connectivity index (χ3n) is 3.30. The predicted molar refractivity (Wildman–Crippen MR) is 84.9 cm³/mol. The molecule has 0 saturated carbocycles. The molecule has 0 amide bonds. The zero-order valence-corrected chi connectivity index (χ0v) is 14.2. The molecule has 0 aliphatic carbocycles. The molecular weight excluding hydrogens is 322 g/mol. The van der Waals surface area contributed by atoms with E-state index in [9.17, 15) is 0 Å². The summed E-state index contributed by atoms with van der Waals surface area (Å²) in [5, 5.41) is 7.98. The zero-order valence-electron chi connectivity index (χ0n) is 11.8. The van der Waals surface area contributed by atoms with Crippen molar-refractivity contribution in [2.24, 2.45) is 0 Å². The minimum absolute atomic E-state index is 0.344. The Morgan fingerprint density at radius 3 is 2.68 bits per heavy atom. The van der Waals surface area contributed by atoms with Gasteiger partial charge in [0.2, 0.25) is 0 Å². The van der Waals surface area contributed by atoms with Crippen molar-refractivity contribution in [1.82, 2.24) is 15.1 Å². The Balaban J connectivity index is 2.28. The van der Waals surface area contributed by atoms with Gasteiger partial charge in [-0.2, -0.15) is 5.10 Å². The summed E-state index contributed by atoms with van der Waals surface area (Å²) in [6.45, 7) is 7.23. The number of aryl methyl sites for hydroxylation is 3. The normalized spacial score (nSPS) is 12.9. The van der Waals surface area contributed by atoms with Crippen molar-refractivity contribution < 1.29 is 0 Å². The third kappa shape index (κ3) is 3.09. The molecule has 0 aliphatic rings. The summed E-state index contributed by atoms with van der Waals surface area (Å²) in [5.74, 6) is 0. The first kappa shape index (κ1) is 14.8. The highest BCUT2D eigenvalue weighted by molar-refractivity contribution is 9.10. The first-order valence-electron chi connectivity index (χ1n) is 6.52. The van der Waals surface area contributed by atoms with Crippen LogP contribution in [0.4, 0.5) is 0 Å². The molecule has 1 N–H and O–H groups in total. The minimum Gasteiger partial charge on any atom is -0.312 e. The van der Waals surface area contributed by atoms with Crippen molar-refractivity contribution in [3.63, 3.8) is 0 Å². The van der Waals surface area contributed by atoms with Crippen LogP contribution >= 0.6 is 27.3 Å². The first-order chi connectivity index (χ1) is 9.06. The maximum absolute atomic E-state index is 4.56. The van der Waals surface area contributed by atoms with E-state index in [1.54, 1.807) is 0 Å². The van der Waals surface area contributed by atoms with Gasteiger partial charge in [0.15, 0.2) is 0 Å². The second-order valence-electron chi connectivity index (χ2n) is 4.66. The summed E-state index contributed by atoms with van der Waals surface area (Å²) in [5.41, 5.74) is 2.33. The molecule has 3 nitrogen and oxygen atoms in total. The molecular formula is C14H20BrN3S. The van der Waals surface area contributed by atoms with Crippen LogP contribution in [-0.2, 0) is 13.0 Å². The average molecular weight is 342 g/mol. The van der Waals surface area contributed by atoms with E-state index in [1.165, 1.54) is 15.4 Å². The quantitative estimate of drug-likeness (QED) is 0.895. The highest BCUT2D eigenvalue weighted by Crippen LogP contribution is 2.29. The van der Waals surface area contributed by atoms with Crippen LogP contribution < -0.4 is 5.32 Å². The standard InChI is InChI=1S/C14H20BrN3S/c1-5-18-12(14(15)10(3)17-18)8-11(16-4)13-7-6-9(2)19-13/h6-7,11,16H,5,8H2,1-4H3. The van der Waals surface area contributed by atoms with E-state index in [2.05, 4.69) is 57.0 Å². The second-order valence-corrected chi connectivity index (χ2v) is 6.77. The van der Waals surface area contributed by atoms with Crippen LogP contribution in [0.3, 0.4) is 0 Å². The molecule has 1 atom stereocenters. The molecule has 2 aromatic rings. The number of nitrogens with zero attached hydrogens (tertiary/aromatic N) is 2. The molecule has 0 aliphatic heterocycles. The molecule has 5 heteroatoms. The number of aromatic nitrogens is 2. The molecule has 19 heavy (non-hydrogen) atoms. The average Bonchev–Trinajstić information content (AvgIpc) is 2.93. The summed E-state index contributed by atoms with van der Waals surface area (Å²) in [6, 6.07) is 4.74. The summed E-state index contributed by atoms with van der Waals surface area (Å²) in [6.07, 6.45) is 0.950. The summed E-state index contributed by atoms with van der Waals surface area (Å²) in [7, 11) is 2.02. The maximum atomic E-state index is 4.56. The molecule has 0 saturated heterocycles. The Labute approximate surface area is 127 Å². The van der Waals surface area contributed by atoms with Crippen molar-refractivity contribution in [3.8, 4) is 0 Å². The Bertz CT molecular complexity index is 559. The number of halogens is 1. The van der Waals surface area contributed by atoms with E-state index in [4.69, 9.17) is 0 Å². The summed E-state index contributed by atoms with van der Waals surface area (Å²) in [4.78, 5) is 2.74. The fourth-order valence-electron chi connectivity index (χ4n) is 2.24. The number of rotatable bonds is 5. The van der Waals surface area contributed by atoms with Gasteiger partial charge < -0.3 is 5.32 Å². The number of thiophene rings is 1. The summed E-state index contributed by atoms with van der Waals surface area (Å²) < 4.78 is 3.23. The zero-order chi connectivity index (χ0) is 14.0. The van der Waals surface area contributed by atoms with E-state index in [0.717, 1.165) is 23.1 Å². The van der Waals surface area contributed by atoms with E-state index < -0.39 is 0 Å². The minimum atomic E-state index is 0.344. The van der Waals surface area contributed by atoms with Gasteiger partial charge in [-0.05, 0) is 55.9 Å². The number of hydrogen-bond donors (Lipinski definition) is 1. The lowest BCUT2D eigenvalue weighted by molar-refractivity contribution is 0.545. The SMILES string of the molecule is CCn1nc(C)c(Br)c1CC(NC)c1ccc(C)s1. The van der Waals surface area contributed by atoms with Crippen molar-refractivity contribution in [2.45, 2.75) is 39.8 Å². The van der Waals surface area contributed by atoms with Crippen molar-refractivity contribution in [1.29, 1.82) is 0 Å². The molecule has 0 spiro atoms. The summed E-state index contributed by atoms with van der Waals surface area (Å²) >= 11 is 5.53. The highest BCUT2D eigenvalue weighted by atomic mass is 79.9.